The Labute approximate surface area is 167 Å². The van der Waals surface area contributed by atoms with E-state index >= 15 is 0 Å². The third-order valence-electron chi connectivity index (χ3n) is 4.56. The Bertz CT molecular complexity index is 888. The van der Waals surface area contributed by atoms with Crippen molar-refractivity contribution >= 4 is 44.9 Å². The van der Waals surface area contributed by atoms with Gasteiger partial charge in [-0.1, -0.05) is 27.5 Å². The lowest BCUT2D eigenvalue weighted by Crippen LogP contribution is -2.49. The molecular weight excluding hydrogens is 451 g/mol. The number of aromatic nitrogens is 1. The van der Waals surface area contributed by atoms with E-state index in [4.69, 9.17) is 11.6 Å². The van der Waals surface area contributed by atoms with E-state index in [1.165, 1.54) is 27.7 Å². The van der Waals surface area contributed by atoms with Crippen molar-refractivity contribution in [2.45, 2.75) is 39.2 Å². The van der Waals surface area contributed by atoms with Crippen molar-refractivity contribution in [2.75, 3.05) is 0 Å². The van der Waals surface area contributed by atoms with Crippen LogP contribution in [-0.2, 0) is 21.1 Å². The Hall–Kier alpha value is -1.54. The molecule has 9 heteroatoms. The third kappa shape index (κ3) is 3.49. The van der Waals surface area contributed by atoms with Gasteiger partial charge in [0, 0.05) is 15.9 Å². The van der Waals surface area contributed by atoms with Crippen LogP contribution in [0.3, 0.4) is 0 Å². The molecule has 0 bridgehead atoms. The predicted octanol–water partition coefficient (Wildman–Crippen LogP) is 4.88. The minimum Gasteiger partial charge on any atom is -0.298 e. The maximum atomic E-state index is 13.0. The second-order valence-electron chi connectivity index (χ2n) is 7.25. The highest BCUT2D eigenvalue weighted by molar-refractivity contribution is 9.08. The van der Waals surface area contributed by atoms with Gasteiger partial charge in [0.2, 0.25) is 0 Å². The van der Waals surface area contributed by atoms with E-state index < -0.39 is 45.6 Å². The first kappa shape index (κ1) is 21.8. The Morgan fingerprint density at radius 1 is 1.15 bits per heavy atom. The first-order valence-electron chi connectivity index (χ1n) is 7.85. The summed E-state index contributed by atoms with van der Waals surface area (Å²) in [6.45, 7) is 5.78. The normalized spacial score (nSPS) is 19.4. The molecule has 1 aromatic heterocycles. The summed E-state index contributed by atoms with van der Waals surface area (Å²) in [4.78, 5) is 41.9. The summed E-state index contributed by atoms with van der Waals surface area (Å²) in [5.74, 6) is -2.05. The summed E-state index contributed by atoms with van der Waals surface area (Å²) in [6.07, 6.45) is -4.67. The largest absolute Gasteiger partial charge is 0.433 e. The predicted molar refractivity (Wildman–Crippen MR) is 96.7 cm³/mol. The van der Waals surface area contributed by atoms with Crippen LogP contribution in [0.5, 0.6) is 0 Å². The molecule has 1 aromatic rings. The zero-order chi connectivity index (χ0) is 20.9. The molecule has 0 saturated carbocycles. The number of nitrogens with zero attached hydrogens (tertiary/aromatic N) is 1. The van der Waals surface area contributed by atoms with Gasteiger partial charge in [-0.25, -0.2) is 4.98 Å². The molecule has 0 spiro atoms. The zero-order valence-electron chi connectivity index (χ0n) is 14.9. The van der Waals surface area contributed by atoms with Gasteiger partial charge >= 0.3 is 6.18 Å². The van der Waals surface area contributed by atoms with Gasteiger partial charge in [-0.15, -0.1) is 0 Å². The van der Waals surface area contributed by atoms with Crippen molar-refractivity contribution in [1.29, 1.82) is 0 Å². The zero-order valence-corrected chi connectivity index (χ0v) is 17.3. The van der Waals surface area contributed by atoms with Gasteiger partial charge < -0.3 is 0 Å². The average molecular weight is 467 g/mol. The lowest BCUT2D eigenvalue weighted by Gasteiger charge is -2.38. The molecule has 0 N–H and O–H groups in total. The van der Waals surface area contributed by atoms with Gasteiger partial charge in [0.1, 0.15) is 5.69 Å². The summed E-state index contributed by atoms with van der Waals surface area (Å²) in [5.41, 5.74) is -4.66. The second-order valence-corrected chi connectivity index (χ2v) is 8.19. The van der Waals surface area contributed by atoms with Gasteiger partial charge in [-0.3, -0.25) is 14.4 Å². The smallest absolute Gasteiger partial charge is 0.298 e. The molecule has 0 atom stereocenters. The van der Waals surface area contributed by atoms with Crippen molar-refractivity contribution in [3.8, 4) is 0 Å². The van der Waals surface area contributed by atoms with Gasteiger partial charge in [-0.2, -0.15) is 13.2 Å². The Balaban J connectivity index is 2.68. The third-order valence-corrected chi connectivity index (χ3v) is 5.75. The van der Waals surface area contributed by atoms with Gasteiger partial charge in [0.15, 0.2) is 17.3 Å². The lowest BCUT2D eigenvalue weighted by molar-refractivity contribution is -0.143. The molecular formula is C18H16BrClF3NO3. The monoisotopic (exact) mass is 465 g/mol. The van der Waals surface area contributed by atoms with E-state index in [1.807, 2.05) is 0 Å². The molecule has 1 aliphatic carbocycles. The van der Waals surface area contributed by atoms with Crippen molar-refractivity contribution < 1.29 is 27.6 Å². The first-order chi connectivity index (χ1) is 12.2. The molecule has 27 heavy (non-hydrogen) atoms. The van der Waals surface area contributed by atoms with Crippen molar-refractivity contribution in [2.24, 2.45) is 10.8 Å². The first-order valence-corrected chi connectivity index (χ1v) is 9.35. The van der Waals surface area contributed by atoms with Crippen LogP contribution in [0.2, 0.25) is 0 Å². The molecule has 0 saturated heterocycles. The number of carbonyl (C=O) groups excluding carboxylic acids is 3. The average Bonchev–Trinajstić information content (AvgIpc) is 2.58. The van der Waals surface area contributed by atoms with Crippen LogP contribution in [0.15, 0.2) is 22.7 Å². The Morgan fingerprint density at radius 3 is 2.19 bits per heavy atom. The fourth-order valence-electron chi connectivity index (χ4n) is 3.01. The Morgan fingerprint density at radius 2 is 1.70 bits per heavy atom. The molecule has 2 rings (SSSR count). The highest BCUT2D eigenvalue weighted by Gasteiger charge is 2.54. The van der Waals surface area contributed by atoms with E-state index in [0.29, 0.717) is 6.07 Å². The summed E-state index contributed by atoms with van der Waals surface area (Å²) < 4.78 is 38.6. The number of Topliss-reactive ketones (excluding diaryl/α,β-unsaturated/α-hetero) is 3. The maximum absolute atomic E-state index is 13.0. The van der Waals surface area contributed by atoms with E-state index in [1.54, 1.807) is 0 Å². The number of alkyl halides is 4. The number of ketones is 3. The van der Waals surface area contributed by atoms with Crippen LogP contribution < -0.4 is 0 Å². The standard InChI is InChI=1S/C18H16BrClF3NO3/c1-16(2)13(20)11(14(26)17(3,4)15(16)27)12(25)8-5-6-10(18(21,22)23)24-9(8)7-19/h5-6H,7H2,1-4H3. The second kappa shape index (κ2) is 6.81. The highest BCUT2D eigenvalue weighted by Crippen LogP contribution is 2.46. The van der Waals surface area contributed by atoms with E-state index in [-0.39, 0.29) is 21.6 Å². The van der Waals surface area contributed by atoms with Crippen LogP contribution in [0.25, 0.3) is 0 Å². The van der Waals surface area contributed by atoms with Crippen molar-refractivity contribution in [1.82, 2.24) is 4.98 Å². The molecule has 0 amide bonds. The molecule has 0 unspecified atom stereocenters. The molecule has 146 valence electrons. The minimum absolute atomic E-state index is 0.136. The van der Waals surface area contributed by atoms with Crippen LogP contribution in [-0.4, -0.2) is 22.3 Å². The maximum Gasteiger partial charge on any atom is 0.433 e. The van der Waals surface area contributed by atoms with Crippen molar-refractivity contribution in [3.05, 3.63) is 39.7 Å². The van der Waals surface area contributed by atoms with Crippen LogP contribution in [0.1, 0.15) is 49.4 Å². The molecule has 1 heterocycles. The number of halogens is 5. The molecule has 0 aromatic carbocycles. The molecule has 0 aliphatic heterocycles. The SMILES string of the molecule is CC1(C)C(=O)C(C(=O)c2ccc(C(F)(F)F)nc2CBr)=C(Cl)C(C)(C)C1=O. The number of pyridine rings is 1. The molecule has 0 fully saturated rings. The Kier molecular flexibility index (Phi) is 5.49. The number of hydrogen-bond acceptors (Lipinski definition) is 4. The van der Waals surface area contributed by atoms with Gasteiger partial charge in [0.25, 0.3) is 0 Å². The van der Waals surface area contributed by atoms with Crippen LogP contribution >= 0.6 is 27.5 Å². The van der Waals surface area contributed by atoms with E-state index in [9.17, 15) is 27.6 Å². The molecule has 1 aliphatic rings. The quantitative estimate of drug-likeness (QED) is 0.276. The van der Waals surface area contributed by atoms with Gasteiger partial charge in [0.05, 0.1) is 22.1 Å². The van der Waals surface area contributed by atoms with Crippen LogP contribution in [0.4, 0.5) is 13.2 Å². The summed E-state index contributed by atoms with van der Waals surface area (Å²) in [5, 5.41) is -0.356. The summed E-state index contributed by atoms with van der Waals surface area (Å²) >= 11 is 9.26. The summed E-state index contributed by atoms with van der Waals surface area (Å²) in [7, 11) is 0. The van der Waals surface area contributed by atoms with Gasteiger partial charge in [-0.05, 0) is 39.8 Å². The van der Waals surface area contributed by atoms with Crippen LogP contribution in [0, 0.1) is 10.8 Å². The molecule has 4 nitrogen and oxygen atoms in total. The minimum atomic E-state index is -4.67. The van der Waals surface area contributed by atoms with E-state index in [0.717, 1.165) is 6.07 Å². The highest BCUT2D eigenvalue weighted by atomic mass is 79.9. The fourth-order valence-corrected chi connectivity index (χ4v) is 3.70. The fraction of sp³-hybridized carbons (Fsp3) is 0.444. The summed E-state index contributed by atoms with van der Waals surface area (Å²) in [6, 6.07) is 1.64. The van der Waals surface area contributed by atoms with Crippen molar-refractivity contribution in [3.63, 3.8) is 0 Å². The topological polar surface area (TPSA) is 64.1 Å². The number of carbonyl (C=O) groups is 3. The molecule has 0 radical (unpaired) electrons. The number of rotatable bonds is 3. The lowest BCUT2D eigenvalue weighted by atomic mass is 9.63. The van der Waals surface area contributed by atoms with E-state index in [2.05, 4.69) is 20.9 Å². The number of hydrogen-bond donors (Lipinski definition) is 0. The number of allylic oxidation sites excluding steroid dienone is 2.